The zero-order valence-corrected chi connectivity index (χ0v) is 18.3. The van der Waals surface area contributed by atoms with E-state index in [1.54, 1.807) is 12.1 Å². The van der Waals surface area contributed by atoms with Crippen LogP contribution in [0.1, 0.15) is 16.1 Å². The number of nitrogens with zero attached hydrogens (tertiary/aromatic N) is 1. The summed E-state index contributed by atoms with van der Waals surface area (Å²) in [6.07, 6.45) is 0. The molecule has 0 fully saturated rings. The molecule has 0 aliphatic heterocycles. The van der Waals surface area contributed by atoms with Crippen LogP contribution in [0.25, 0.3) is 11.3 Å². The van der Waals surface area contributed by atoms with Gasteiger partial charge in [0.05, 0.1) is 28.5 Å². The number of methoxy groups -OCH3 is 1. The van der Waals surface area contributed by atoms with Gasteiger partial charge in [0.15, 0.2) is 17.3 Å². The van der Waals surface area contributed by atoms with E-state index in [4.69, 9.17) is 61.6 Å². The molecule has 0 amide bonds. The largest absolute Gasteiger partial charge is 0.492 e. The van der Waals surface area contributed by atoms with Gasteiger partial charge < -0.3 is 15.2 Å². The van der Waals surface area contributed by atoms with E-state index in [1.165, 1.54) is 31.4 Å². The molecule has 3 rings (SSSR count). The van der Waals surface area contributed by atoms with Gasteiger partial charge in [-0.05, 0) is 30.3 Å². The molecule has 3 aromatic rings. The van der Waals surface area contributed by atoms with Gasteiger partial charge in [-0.1, -0.05) is 52.5 Å². The molecule has 1 aromatic heterocycles. The summed E-state index contributed by atoms with van der Waals surface area (Å²) in [4.78, 5) is 16.7. The smallest absolute Gasteiger partial charge is 0.358 e. The van der Waals surface area contributed by atoms with Crippen LogP contribution in [0.5, 0.6) is 5.75 Å². The number of carbonyl (C=O) groups excluding carboxylic acids is 1. The van der Waals surface area contributed by atoms with Crippen molar-refractivity contribution in [2.45, 2.75) is 6.61 Å². The van der Waals surface area contributed by atoms with Crippen molar-refractivity contribution in [1.29, 1.82) is 0 Å². The molecule has 0 atom stereocenters. The summed E-state index contributed by atoms with van der Waals surface area (Å²) in [5.74, 6) is -1.78. The first-order valence-electron chi connectivity index (χ1n) is 8.32. The van der Waals surface area contributed by atoms with E-state index >= 15 is 0 Å². The van der Waals surface area contributed by atoms with Crippen molar-refractivity contribution in [3.8, 4) is 17.0 Å². The molecule has 0 aliphatic rings. The number of benzene rings is 2. The van der Waals surface area contributed by atoms with E-state index in [1.807, 2.05) is 0 Å². The lowest BCUT2D eigenvalue weighted by Gasteiger charge is -2.12. The van der Waals surface area contributed by atoms with Crippen molar-refractivity contribution in [2.24, 2.45) is 0 Å². The maximum atomic E-state index is 14.8. The normalized spacial score (nSPS) is 10.7. The molecule has 0 saturated heterocycles. The SMILES string of the molecule is COc1c(Cl)ccc(-c2cc(N)c(Cl)c(C(=O)OCc3ccc(Cl)cc3Cl)n2)c1F. The predicted octanol–water partition coefficient (Wildman–Crippen LogP) is 6.45. The molecule has 0 unspecified atom stereocenters. The monoisotopic (exact) mass is 488 g/mol. The summed E-state index contributed by atoms with van der Waals surface area (Å²) in [6.45, 7) is -0.153. The van der Waals surface area contributed by atoms with E-state index in [-0.39, 0.29) is 45.0 Å². The zero-order valence-electron chi connectivity index (χ0n) is 15.3. The number of rotatable bonds is 5. The van der Waals surface area contributed by atoms with Crippen molar-refractivity contribution < 1.29 is 18.7 Å². The highest BCUT2D eigenvalue weighted by Gasteiger charge is 2.22. The van der Waals surface area contributed by atoms with Gasteiger partial charge in [-0.3, -0.25) is 0 Å². The van der Waals surface area contributed by atoms with Crippen molar-refractivity contribution in [3.05, 3.63) is 73.6 Å². The maximum Gasteiger partial charge on any atom is 0.358 e. The highest BCUT2D eigenvalue weighted by molar-refractivity contribution is 6.36. The third kappa shape index (κ3) is 4.57. The van der Waals surface area contributed by atoms with Crippen LogP contribution in [0.15, 0.2) is 36.4 Å². The summed E-state index contributed by atoms with van der Waals surface area (Å²) in [5, 5.41) is 0.742. The number of hydrogen-bond acceptors (Lipinski definition) is 5. The number of pyridine rings is 1. The third-order valence-electron chi connectivity index (χ3n) is 4.08. The molecule has 2 N–H and O–H groups in total. The first-order chi connectivity index (χ1) is 14.2. The number of esters is 1. The van der Waals surface area contributed by atoms with Gasteiger partial charge >= 0.3 is 5.97 Å². The molecule has 0 saturated carbocycles. The Kier molecular flexibility index (Phi) is 6.93. The van der Waals surface area contributed by atoms with Crippen LogP contribution in [-0.2, 0) is 11.3 Å². The fourth-order valence-corrected chi connectivity index (χ4v) is 3.45. The number of carbonyl (C=O) groups is 1. The first-order valence-corrected chi connectivity index (χ1v) is 9.83. The summed E-state index contributed by atoms with van der Waals surface area (Å²) < 4.78 is 25.0. The summed E-state index contributed by atoms with van der Waals surface area (Å²) in [7, 11) is 1.28. The van der Waals surface area contributed by atoms with Crippen LogP contribution in [0.3, 0.4) is 0 Å². The molecule has 2 aromatic carbocycles. The predicted molar refractivity (Wildman–Crippen MR) is 116 cm³/mol. The number of anilines is 1. The number of nitrogen functional groups attached to an aromatic ring is 1. The van der Waals surface area contributed by atoms with Gasteiger partial charge in [0.2, 0.25) is 0 Å². The van der Waals surface area contributed by atoms with E-state index in [9.17, 15) is 9.18 Å². The molecular weight excluding hydrogens is 477 g/mol. The van der Waals surface area contributed by atoms with Crippen LogP contribution >= 0.6 is 46.4 Å². The van der Waals surface area contributed by atoms with Crippen LogP contribution in [0.4, 0.5) is 10.1 Å². The highest BCUT2D eigenvalue weighted by Crippen LogP contribution is 2.36. The van der Waals surface area contributed by atoms with Gasteiger partial charge in [-0.25, -0.2) is 14.2 Å². The molecule has 1 heterocycles. The van der Waals surface area contributed by atoms with Gasteiger partial charge in [-0.2, -0.15) is 0 Å². The van der Waals surface area contributed by atoms with E-state index in [0.29, 0.717) is 15.6 Å². The van der Waals surface area contributed by atoms with Crippen LogP contribution in [0, 0.1) is 5.82 Å². The lowest BCUT2D eigenvalue weighted by molar-refractivity contribution is 0.0466. The Labute approximate surface area is 191 Å². The average molecular weight is 490 g/mol. The second-order valence-electron chi connectivity index (χ2n) is 6.01. The average Bonchev–Trinajstić information content (AvgIpc) is 2.69. The summed E-state index contributed by atoms with van der Waals surface area (Å²) in [6, 6.07) is 8.91. The third-order valence-corrected chi connectivity index (χ3v) is 5.36. The minimum absolute atomic E-state index is 0.0199. The Morgan fingerprint density at radius 1 is 1.10 bits per heavy atom. The van der Waals surface area contributed by atoms with Crippen LogP contribution < -0.4 is 10.5 Å². The van der Waals surface area contributed by atoms with Gasteiger partial charge in [-0.15, -0.1) is 0 Å². The van der Waals surface area contributed by atoms with Gasteiger partial charge in [0.25, 0.3) is 0 Å². The standard InChI is InChI=1S/C20H13Cl4FN2O3/c1-29-19-12(22)5-4-11(17(19)25)15-7-14(26)16(24)18(27-15)20(28)30-8-9-2-3-10(21)6-13(9)23/h2-7H,8H2,1H3,(H2,26,27). The Morgan fingerprint density at radius 3 is 2.50 bits per heavy atom. The first kappa shape index (κ1) is 22.4. The van der Waals surface area contributed by atoms with Gasteiger partial charge in [0.1, 0.15) is 6.61 Å². The lowest BCUT2D eigenvalue weighted by Crippen LogP contribution is -2.11. The minimum atomic E-state index is -0.860. The molecule has 5 nitrogen and oxygen atoms in total. The molecule has 0 bridgehead atoms. The second kappa shape index (κ2) is 9.27. The Morgan fingerprint density at radius 2 is 1.83 bits per heavy atom. The van der Waals surface area contributed by atoms with E-state index in [0.717, 1.165) is 0 Å². The number of hydrogen-bond donors (Lipinski definition) is 1. The summed E-state index contributed by atoms with van der Waals surface area (Å²) >= 11 is 24.0. The maximum absolute atomic E-state index is 14.8. The van der Waals surface area contributed by atoms with Crippen LogP contribution in [0.2, 0.25) is 20.1 Å². The van der Waals surface area contributed by atoms with E-state index < -0.39 is 11.8 Å². The topological polar surface area (TPSA) is 74.4 Å². The number of halogens is 5. The quantitative estimate of drug-likeness (QED) is 0.417. The number of aromatic nitrogens is 1. The van der Waals surface area contributed by atoms with Crippen molar-refractivity contribution in [3.63, 3.8) is 0 Å². The minimum Gasteiger partial charge on any atom is -0.492 e. The molecule has 0 radical (unpaired) electrons. The highest BCUT2D eigenvalue weighted by atomic mass is 35.5. The Balaban J connectivity index is 1.94. The molecule has 30 heavy (non-hydrogen) atoms. The zero-order chi connectivity index (χ0) is 22.0. The van der Waals surface area contributed by atoms with E-state index in [2.05, 4.69) is 4.98 Å². The molecule has 0 spiro atoms. The summed E-state index contributed by atoms with van der Waals surface area (Å²) in [5.41, 5.74) is 6.26. The number of nitrogens with two attached hydrogens (primary N) is 1. The number of ether oxygens (including phenoxy) is 2. The molecule has 156 valence electrons. The lowest BCUT2D eigenvalue weighted by atomic mass is 10.1. The second-order valence-corrected chi connectivity index (χ2v) is 7.64. The fraction of sp³-hybridized carbons (Fsp3) is 0.100. The molecule has 10 heteroatoms. The fourth-order valence-electron chi connectivity index (χ4n) is 2.59. The van der Waals surface area contributed by atoms with Gasteiger partial charge in [0, 0.05) is 21.2 Å². The van der Waals surface area contributed by atoms with Crippen molar-refractivity contribution in [1.82, 2.24) is 4.98 Å². The van der Waals surface area contributed by atoms with Crippen molar-refractivity contribution >= 4 is 58.1 Å². The molecular formula is C20H13Cl4FN2O3. The molecule has 0 aliphatic carbocycles. The van der Waals surface area contributed by atoms with Crippen LogP contribution in [-0.4, -0.2) is 18.1 Å². The van der Waals surface area contributed by atoms with Crippen molar-refractivity contribution in [2.75, 3.05) is 12.8 Å². The Bertz CT molecular complexity index is 1140. The Hall–Kier alpha value is -2.25.